The Labute approximate surface area is 109 Å². The molecule has 19 heavy (non-hydrogen) atoms. The number of hydrogen-bond donors (Lipinski definition) is 0. The van der Waals surface area contributed by atoms with Gasteiger partial charge in [-0.15, -0.1) is 0 Å². The molecule has 0 N–H and O–H groups in total. The standard InChI is InChI=1S/C15H14F3N/c1-2-9-7-12(9)11-6-10-4-3-5-13(15(16,17)18)14(10)19-8-11/h3-6,8-9,12H,2,7H2,1H3/t9-,12-/m0/s1. The van der Waals surface area contributed by atoms with Gasteiger partial charge in [0.2, 0.25) is 0 Å². The first-order valence-corrected chi connectivity index (χ1v) is 6.46. The first kappa shape index (κ1) is 12.5. The summed E-state index contributed by atoms with van der Waals surface area (Å²) >= 11 is 0. The lowest BCUT2D eigenvalue weighted by atomic mass is 10.0. The minimum Gasteiger partial charge on any atom is -0.255 e. The highest BCUT2D eigenvalue weighted by Crippen LogP contribution is 2.49. The molecule has 1 aliphatic carbocycles. The van der Waals surface area contributed by atoms with Gasteiger partial charge < -0.3 is 0 Å². The lowest BCUT2D eigenvalue weighted by molar-refractivity contribution is -0.136. The van der Waals surface area contributed by atoms with E-state index in [9.17, 15) is 13.2 Å². The van der Waals surface area contributed by atoms with Gasteiger partial charge in [0.1, 0.15) is 0 Å². The summed E-state index contributed by atoms with van der Waals surface area (Å²) in [5, 5.41) is 0.578. The van der Waals surface area contributed by atoms with Crippen LogP contribution in [0.15, 0.2) is 30.5 Å². The molecule has 1 aliphatic rings. The van der Waals surface area contributed by atoms with Crippen molar-refractivity contribution in [1.82, 2.24) is 4.98 Å². The highest BCUT2D eigenvalue weighted by atomic mass is 19.4. The van der Waals surface area contributed by atoms with Gasteiger partial charge in [-0.05, 0) is 36.0 Å². The van der Waals surface area contributed by atoms with Crippen LogP contribution in [0.2, 0.25) is 0 Å². The molecule has 0 unspecified atom stereocenters. The fourth-order valence-electron chi connectivity index (χ4n) is 2.72. The van der Waals surface area contributed by atoms with Gasteiger partial charge in [0.25, 0.3) is 0 Å². The van der Waals surface area contributed by atoms with E-state index in [4.69, 9.17) is 0 Å². The van der Waals surface area contributed by atoms with Gasteiger partial charge in [0.05, 0.1) is 11.1 Å². The molecule has 0 spiro atoms. The number of benzene rings is 1. The number of para-hydroxylation sites is 1. The minimum absolute atomic E-state index is 0.0486. The van der Waals surface area contributed by atoms with E-state index < -0.39 is 11.7 Å². The van der Waals surface area contributed by atoms with Crippen molar-refractivity contribution in [2.45, 2.75) is 31.9 Å². The number of aromatic nitrogens is 1. The predicted octanol–water partition coefficient (Wildman–Crippen LogP) is 4.77. The zero-order valence-electron chi connectivity index (χ0n) is 10.5. The summed E-state index contributed by atoms with van der Waals surface area (Å²) in [7, 11) is 0. The van der Waals surface area contributed by atoms with Crippen molar-refractivity contribution < 1.29 is 13.2 Å². The Morgan fingerprint density at radius 2 is 2.11 bits per heavy atom. The van der Waals surface area contributed by atoms with Crippen LogP contribution in [0.1, 0.15) is 36.8 Å². The first-order valence-electron chi connectivity index (χ1n) is 6.46. The van der Waals surface area contributed by atoms with Crippen molar-refractivity contribution in [3.63, 3.8) is 0 Å². The van der Waals surface area contributed by atoms with E-state index in [2.05, 4.69) is 11.9 Å². The van der Waals surface area contributed by atoms with E-state index in [0.29, 0.717) is 17.2 Å². The van der Waals surface area contributed by atoms with E-state index in [-0.39, 0.29) is 5.52 Å². The van der Waals surface area contributed by atoms with Gasteiger partial charge >= 0.3 is 6.18 Å². The van der Waals surface area contributed by atoms with Gasteiger partial charge in [-0.2, -0.15) is 13.2 Å². The second-order valence-electron chi connectivity index (χ2n) is 5.15. The third-order valence-electron chi connectivity index (χ3n) is 3.91. The van der Waals surface area contributed by atoms with Crippen LogP contribution in [-0.4, -0.2) is 4.98 Å². The molecule has 1 fully saturated rings. The van der Waals surface area contributed by atoms with Crippen LogP contribution in [-0.2, 0) is 6.18 Å². The molecule has 1 aromatic heterocycles. The second-order valence-corrected chi connectivity index (χ2v) is 5.15. The fourth-order valence-corrected chi connectivity index (χ4v) is 2.72. The van der Waals surface area contributed by atoms with E-state index >= 15 is 0 Å². The van der Waals surface area contributed by atoms with Crippen molar-refractivity contribution in [1.29, 1.82) is 0 Å². The molecule has 0 amide bonds. The van der Waals surface area contributed by atoms with Crippen LogP contribution in [0, 0.1) is 5.92 Å². The van der Waals surface area contributed by atoms with Gasteiger partial charge in [-0.25, -0.2) is 0 Å². The third-order valence-corrected chi connectivity index (χ3v) is 3.91. The summed E-state index contributed by atoms with van der Waals surface area (Å²) < 4.78 is 38.6. The molecule has 1 nitrogen and oxygen atoms in total. The maximum Gasteiger partial charge on any atom is 0.418 e. The molecule has 0 saturated heterocycles. The average Bonchev–Trinajstić information content (AvgIpc) is 3.15. The Bertz CT molecular complexity index is 618. The zero-order valence-corrected chi connectivity index (χ0v) is 10.5. The number of rotatable bonds is 2. The molecule has 2 atom stereocenters. The van der Waals surface area contributed by atoms with Crippen LogP contribution in [0.4, 0.5) is 13.2 Å². The Kier molecular flexibility index (Phi) is 2.77. The zero-order chi connectivity index (χ0) is 13.6. The Morgan fingerprint density at radius 1 is 1.32 bits per heavy atom. The minimum atomic E-state index is -4.35. The monoisotopic (exact) mass is 265 g/mol. The van der Waals surface area contributed by atoms with Crippen molar-refractivity contribution in [2.24, 2.45) is 5.92 Å². The van der Waals surface area contributed by atoms with E-state index in [1.165, 1.54) is 6.07 Å². The second kappa shape index (κ2) is 4.22. The Hall–Kier alpha value is -1.58. The Balaban J connectivity index is 2.06. The van der Waals surface area contributed by atoms with Crippen molar-refractivity contribution in [3.8, 4) is 0 Å². The summed E-state index contributed by atoms with van der Waals surface area (Å²) in [5.74, 6) is 1.15. The van der Waals surface area contributed by atoms with Crippen molar-refractivity contribution in [3.05, 3.63) is 41.6 Å². The summed E-state index contributed by atoms with van der Waals surface area (Å²) in [6.45, 7) is 2.14. The molecule has 4 heteroatoms. The molecular formula is C15H14F3N. The highest BCUT2D eigenvalue weighted by molar-refractivity contribution is 5.82. The molecule has 0 bridgehead atoms. The van der Waals surface area contributed by atoms with Crippen LogP contribution in [0.3, 0.4) is 0 Å². The molecule has 1 aromatic carbocycles. The Morgan fingerprint density at radius 3 is 2.74 bits per heavy atom. The molecule has 0 radical (unpaired) electrons. The fraction of sp³-hybridized carbons (Fsp3) is 0.400. The molecule has 2 aromatic rings. The average molecular weight is 265 g/mol. The predicted molar refractivity (Wildman–Crippen MR) is 67.9 cm³/mol. The highest BCUT2D eigenvalue weighted by Gasteiger charge is 2.37. The topological polar surface area (TPSA) is 12.9 Å². The van der Waals surface area contributed by atoms with Crippen LogP contribution in [0.5, 0.6) is 0 Å². The van der Waals surface area contributed by atoms with E-state index in [1.807, 2.05) is 6.07 Å². The van der Waals surface area contributed by atoms with Gasteiger partial charge in [0.15, 0.2) is 0 Å². The quantitative estimate of drug-likeness (QED) is 0.762. The number of hydrogen-bond acceptors (Lipinski definition) is 1. The molecule has 1 heterocycles. The first-order chi connectivity index (χ1) is 9.00. The molecular weight excluding hydrogens is 251 g/mol. The maximum atomic E-state index is 12.9. The van der Waals surface area contributed by atoms with Crippen molar-refractivity contribution in [2.75, 3.05) is 0 Å². The van der Waals surface area contributed by atoms with Gasteiger partial charge in [-0.1, -0.05) is 25.5 Å². The summed E-state index contributed by atoms with van der Waals surface area (Å²) in [6.07, 6.45) is -0.495. The summed E-state index contributed by atoms with van der Waals surface area (Å²) in [5.41, 5.74) is 0.463. The number of halogens is 3. The molecule has 0 aliphatic heterocycles. The number of alkyl halides is 3. The molecule has 100 valence electrons. The number of fused-ring (bicyclic) bond motifs is 1. The van der Waals surface area contributed by atoms with E-state index in [0.717, 1.165) is 24.5 Å². The van der Waals surface area contributed by atoms with Crippen LogP contribution >= 0.6 is 0 Å². The number of pyridine rings is 1. The van der Waals surface area contributed by atoms with Gasteiger partial charge in [0, 0.05) is 11.6 Å². The van der Waals surface area contributed by atoms with Crippen molar-refractivity contribution >= 4 is 10.9 Å². The smallest absolute Gasteiger partial charge is 0.255 e. The van der Waals surface area contributed by atoms with E-state index in [1.54, 1.807) is 12.3 Å². The normalized spacial score (nSPS) is 22.7. The van der Waals surface area contributed by atoms with Crippen LogP contribution in [0.25, 0.3) is 10.9 Å². The number of nitrogens with zero attached hydrogens (tertiary/aromatic N) is 1. The summed E-state index contributed by atoms with van der Waals surface area (Å²) in [6, 6.07) is 6.09. The third kappa shape index (κ3) is 2.20. The lowest BCUT2D eigenvalue weighted by Gasteiger charge is -2.10. The SMILES string of the molecule is CC[C@H]1C[C@@H]1c1cnc2c(C(F)(F)F)cccc2c1. The van der Waals surface area contributed by atoms with Crippen LogP contribution < -0.4 is 0 Å². The molecule has 3 rings (SSSR count). The molecule has 1 saturated carbocycles. The maximum absolute atomic E-state index is 12.9. The lowest BCUT2D eigenvalue weighted by Crippen LogP contribution is -2.06. The summed E-state index contributed by atoms with van der Waals surface area (Å²) in [4.78, 5) is 4.06. The van der Waals surface area contributed by atoms with Gasteiger partial charge in [-0.3, -0.25) is 4.98 Å². The largest absolute Gasteiger partial charge is 0.418 e.